The minimum atomic E-state index is -1.39. The summed E-state index contributed by atoms with van der Waals surface area (Å²) in [6.07, 6.45) is 1.58. The molecule has 0 spiro atoms. The average Bonchev–Trinajstić information content (AvgIpc) is 2.00. The highest BCUT2D eigenvalue weighted by atomic mass is 79.9. The molecule has 0 radical (unpaired) electrons. The van der Waals surface area contributed by atoms with Gasteiger partial charge in [-0.15, -0.1) is 5.54 Å². The molecule has 0 aliphatic heterocycles. The zero-order chi connectivity index (χ0) is 10.8. The molecule has 4 heteroatoms. The second kappa shape index (κ2) is 4.16. The van der Waals surface area contributed by atoms with Gasteiger partial charge in [0.25, 0.3) is 0 Å². The van der Waals surface area contributed by atoms with E-state index in [2.05, 4.69) is 52.0 Å². The summed E-state index contributed by atoms with van der Waals surface area (Å²) in [6.45, 7) is 6.47. The normalized spacial score (nSPS) is 10.6. The lowest BCUT2D eigenvalue weighted by Gasteiger charge is -2.03. The third kappa shape index (κ3) is 3.52. The summed E-state index contributed by atoms with van der Waals surface area (Å²) in [5.74, 6) is 3.14. The Labute approximate surface area is 93.5 Å². The Kier molecular flexibility index (Phi) is 3.35. The summed E-state index contributed by atoms with van der Waals surface area (Å²) in [6, 6.07) is 1.55. The number of hydrogen-bond donors (Lipinski definition) is 1. The molecule has 14 heavy (non-hydrogen) atoms. The van der Waals surface area contributed by atoms with E-state index in [0.717, 1.165) is 0 Å². The second-order valence-electron chi connectivity index (χ2n) is 4.02. The Balaban J connectivity index is 3.02. The van der Waals surface area contributed by atoms with Crippen LogP contribution in [0.3, 0.4) is 0 Å². The molecule has 0 unspecified atom stereocenters. The van der Waals surface area contributed by atoms with E-state index in [1.165, 1.54) is 0 Å². The first-order chi connectivity index (χ1) is 6.38. The molecular formula is C10H12BrNOSi. The molecular weight excluding hydrogens is 258 g/mol. The Morgan fingerprint density at radius 3 is 2.57 bits per heavy atom. The van der Waals surface area contributed by atoms with Crippen molar-refractivity contribution in [3.05, 3.63) is 22.4 Å². The smallest absolute Gasteiger partial charge is 0.135 e. The van der Waals surface area contributed by atoms with Gasteiger partial charge in [0.15, 0.2) is 0 Å². The molecule has 2 nitrogen and oxygen atoms in total. The van der Waals surface area contributed by atoms with Crippen LogP contribution in [0.15, 0.2) is 16.9 Å². The fourth-order valence-electron chi connectivity index (χ4n) is 0.771. The molecule has 0 aliphatic carbocycles. The van der Waals surface area contributed by atoms with Crippen LogP contribution in [0.1, 0.15) is 5.56 Å². The van der Waals surface area contributed by atoms with E-state index < -0.39 is 8.07 Å². The maximum absolute atomic E-state index is 9.53. The van der Waals surface area contributed by atoms with Crippen LogP contribution in [0.5, 0.6) is 5.75 Å². The van der Waals surface area contributed by atoms with Crippen LogP contribution in [0.4, 0.5) is 0 Å². The molecule has 0 aliphatic rings. The summed E-state index contributed by atoms with van der Waals surface area (Å²) in [7, 11) is -1.39. The highest BCUT2D eigenvalue weighted by Crippen LogP contribution is 2.18. The van der Waals surface area contributed by atoms with Crippen molar-refractivity contribution in [2.24, 2.45) is 0 Å². The number of rotatable bonds is 0. The lowest BCUT2D eigenvalue weighted by Crippen LogP contribution is -2.16. The van der Waals surface area contributed by atoms with Crippen LogP contribution in [0.25, 0.3) is 0 Å². The van der Waals surface area contributed by atoms with Crippen molar-refractivity contribution >= 4 is 24.0 Å². The molecule has 0 saturated carbocycles. The molecule has 0 fully saturated rings. The van der Waals surface area contributed by atoms with Gasteiger partial charge in [-0.05, 0) is 15.9 Å². The summed E-state index contributed by atoms with van der Waals surface area (Å²) in [5, 5.41) is 9.53. The second-order valence-corrected chi connectivity index (χ2v) is 9.59. The zero-order valence-corrected chi connectivity index (χ0v) is 11.0. The van der Waals surface area contributed by atoms with Crippen LogP contribution in [0.2, 0.25) is 19.6 Å². The standard InChI is InChI=1S/C10H12BrNOSi/c1-14(2,3)5-4-8-7-12-10(11)6-9(8)13/h6-7H,1-3H3,(H,12,13). The Morgan fingerprint density at radius 2 is 2.07 bits per heavy atom. The molecule has 0 saturated heterocycles. The van der Waals surface area contributed by atoms with Gasteiger partial charge in [0.1, 0.15) is 18.4 Å². The summed E-state index contributed by atoms with van der Waals surface area (Å²) < 4.78 is 0.619. The van der Waals surface area contributed by atoms with Crippen molar-refractivity contribution in [3.8, 4) is 17.2 Å². The van der Waals surface area contributed by atoms with Crippen LogP contribution in [0, 0.1) is 11.5 Å². The van der Waals surface area contributed by atoms with E-state index in [0.29, 0.717) is 10.2 Å². The lowest BCUT2D eigenvalue weighted by atomic mass is 10.3. The lowest BCUT2D eigenvalue weighted by molar-refractivity contribution is 0.472. The van der Waals surface area contributed by atoms with Gasteiger partial charge in [-0.25, -0.2) is 4.98 Å². The molecule has 0 atom stereocenters. The van der Waals surface area contributed by atoms with E-state index in [1.807, 2.05) is 0 Å². The summed E-state index contributed by atoms with van der Waals surface area (Å²) in [5.41, 5.74) is 3.77. The SMILES string of the molecule is C[Si](C)(C)C#Cc1cnc(Br)cc1O. The van der Waals surface area contributed by atoms with Gasteiger partial charge >= 0.3 is 0 Å². The molecule has 1 heterocycles. The van der Waals surface area contributed by atoms with E-state index in [1.54, 1.807) is 12.3 Å². The number of aromatic nitrogens is 1. The first-order valence-corrected chi connectivity index (χ1v) is 8.55. The van der Waals surface area contributed by atoms with Crippen LogP contribution < -0.4 is 0 Å². The number of nitrogens with zero attached hydrogens (tertiary/aromatic N) is 1. The summed E-state index contributed by atoms with van der Waals surface area (Å²) >= 11 is 3.18. The number of halogens is 1. The van der Waals surface area contributed by atoms with E-state index in [9.17, 15) is 5.11 Å². The number of pyridine rings is 1. The Morgan fingerprint density at radius 1 is 1.43 bits per heavy atom. The van der Waals surface area contributed by atoms with Crippen molar-refractivity contribution in [2.75, 3.05) is 0 Å². The van der Waals surface area contributed by atoms with E-state index in [-0.39, 0.29) is 5.75 Å². The predicted molar refractivity (Wildman–Crippen MR) is 63.8 cm³/mol. The van der Waals surface area contributed by atoms with E-state index in [4.69, 9.17) is 0 Å². The number of aromatic hydroxyl groups is 1. The van der Waals surface area contributed by atoms with Gasteiger partial charge in [-0.2, -0.15) is 0 Å². The minimum Gasteiger partial charge on any atom is -0.506 e. The maximum atomic E-state index is 9.53. The monoisotopic (exact) mass is 269 g/mol. The summed E-state index contributed by atoms with van der Waals surface area (Å²) in [4.78, 5) is 4.01. The highest BCUT2D eigenvalue weighted by Gasteiger charge is 2.08. The van der Waals surface area contributed by atoms with Crippen LogP contribution in [-0.4, -0.2) is 18.2 Å². The molecule has 0 bridgehead atoms. The molecule has 1 rings (SSSR count). The van der Waals surface area contributed by atoms with Gasteiger partial charge < -0.3 is 5.11 Å². The van der Waals surface area contributed by atoms with Gasteiger partial charge in [0.05, 0.1) is 5.56 Å². The fourth-order valence-corrected chi connectivity index (χ4v) is 1.60. The zero-order valence-electron chi connectivity index (χ0n) is 8.43. The molecule has 0 amide bonds. The van der Waals surface area contributed by atoms with Gasteiger partial charge in [0, 0.05) is 12.3 Å². The van der Waals surface area contributed by atoms with Crippen molar-refractivity contribution in [1.82, 2.24) is 4.98 Å². The van der Waals surface area contributed by atoms with Crippen molar-refractivity contribution in [3.63, 3.8) is 0 Å². The van der Waals surface area contributed by atoms with E-state index >= 15 is 0 Å². The molecule has 1 aromatic rings. The minimum absolute atomic E-state index is 0.178. The predicted octanol–water partition coefficient (Wildman–Crippen LogP) is 2.78. The van der Waals surface area contributed by atoms with Crippen LogP contribution >= 0.6 is 15.9 Å². The first-order valence-electron chi connectivity index (χ1n) is 4.26. The number of hydrogen-bond acceptors (Lipinski definition) is 2. The van der Waals surface area contributed by atoms with Crippen molar-refractivity contribution in [1.29, 1.82) is 0 Å². The molecule has 0 aromatic carbocycles. The molecule has 1 aromatic heterocycles. The third-order valence-corrected chi connectivity index (χ3v) is 2.73. The van der Waals surface area contributed by atoms with Gasteiger partial charge in [-0.1, -0.05) is 25.6 Å². The Hall–Kier alpha value is -0.793. The average molecular weight is 270 g/mol. The highest BCUT2D eigenvalue weighted by molar-refractivity contribution is 9.10. The van der Waals surface area contributed by atoms with Gasteiger partial charge in [0.2, 0.25) is 0 Å². The fraction of sp³-hybridized carbons (Fsp3) is 0.300. The topological polar surface area (TPSA) is 33.1 Å². The maximum Gasteiger partial charge on any atom is 0.135 e. The first kappa shape index (κ1) is 11.3. The quantitative estimate of drug-likeness (QED) is 0.447. The third-order valence-electron chi connectivity index (χ3n) is 1.42. The van der Waals surface area contributed by atoms with Gasteiger partial charge in [-0.3, -0.25) is 0 Å². The van der Waals surface area contributed by atoms with Crippen LogP contribution in [-0.2, 0) is 0 Å². The molecule has 74 valence electrons. The largest absolute Gasteiger partial charge is 0.506 e. The van der Waals surface area contributed by atoms with Crippen molar-refractivity contribution < 1.29 is 5.11 Å². The molecule has 1 N–H and O–H groups in total. The Bertz CT molecular complexity index is 401. The van der Waals surface area contributed by atoms with Crippen molar-refractivity contribution in [2.45, 2.75) is 19.6 Å².